The molecule has 0 atom stereocenters. The molecule has 1 heterocycles. The Hall–Kier alpha value is -2.43. The third kappa shape index (κ3) is 6.35. The first-order valence-corrected chi connectivity index (χ1v) is 8.92. The third-order valence-corrected chi connectivity index (χ3v) is 4.03. The van der Waals surface area contributed by atoms with E-state index in [2.05, 4.69) is 42.6 Å². The second-order valence-corrected chi connectivity index (χ2v) is 6.17. The maximum atomic E-state index is 5.97. The Balaban J connectivity index is 0.00000261. The van der Waals surface area contributed by atoms with Gasteiger partial charge in [-0.3, -0.25) is 0 Å². The van der Waals surface area contributed by atoms with E-state index in [-0.39, 0.29) is 12.4 Å². The quantitative estimate of drug-likeness (QED) is 0.542. The summed E-state index contributed by atoms with van der Waals surface area (Å²) >= 11 is 0. The van der Waals surface area contributed by atoms with Crippen LogP contribution >= 0.6 is 12.4 Å². The molecule has 0 radical (unpaired) electrons. The van der Waals surface area contributed by atoms with E-state index in [4.69, 9.17) is 13.9 Å². The second-order valence-electron chi connectivity index (χ2n) is 6.17. The first kappa shape index (κ1) is 20.9. The molecule has 0 aliphatic carbocycles. The van der Waals surface area contributed by atoms with E-state index in [0.29, 0.717) is 19.8 Å². The predicted molar refractivity (Wildman–Crippen MR) is 110 cm³/mol. The summed E-state index contributed by atoms with van der Waals surface area (Å²) in [5.74, 6) is 2.47. The van der Waals surface area contributed by atoms with Gasteiger partial charge in [0.05, 0.1) is 19.4 Å². The van der Waals surface area contributed by atoms with E-state index in [0.717, 1.165) is 34.9 Å². The van der Waals surface area contributed by atoms with Crippen LogP contribution in [-0.4, -0.2) is 6.61 Å². The van der Waals surface area contributed by atoms with Crippen LogP contribution in [0.2, 0.25) is 0 Å². The molecule has 27 heavy (non-hydrogen) atoms. The maximum Gasteiger partial charge on any atom is 0.161 e. The van der Waals surface area contributed by atoms with Gasteiger partial charge >= 0.3 is 0 Å². The molecule has 0 spiro atoms. The zero-order valence-electron chi connectivity index (χ0n) is 15.7. The smallest absolute Gasteiger partial charge is 0.161 e. The SMILES string of the molecule is CCOc1cc(CNCc2ccco2)ccc1OCc1ccc(C)cc1.Cl. The number of benzene rings is 2. The largest absolute Gasteiger partial charge is 0.490 e. The number of furan rings is 1. The Labute approximate surface area is 166 Å². The summed E-state index contributed by atoms with van der Waals surface area (Å²) in [7, 11) is 0. The zero-order valence-corrected chi connectivity index (χ0v) is 16.6. The van der Waals surface area contributed by atoms with Crippen LogP contribution in [0.15, 0.2) is 65.3 Å². The minimum Gasteiger partial charge on any atom is -0.490 e. The van der Waals surface area contributed by atoms with Crippen LogP contribution in [0, 0.1) is 6.92 Å². The number of hydrogen-bond donors (Lipinski definition) is 1. The van der Waals surface area contributed by atoms with E-state index >= 15 is 0 Å². The number of aryl methyl sites for hydroxylation is 1. The Bertz CT molecular complexity index is 801. The Morgan fingerprint density at radius 1 is 0.889 bits per heavy atom. The molecule has 144 valence electrons. The average molecular weight is 388 g/mol. The lowest BCUT2D eigenvalue weighted by molar-refractivity contribution is 0.269. The van der Waals surface area contributed by atoms with Crippen molar-refractivity contribution >= 4 is 12.4 Å². The van der Waals surface area contributed by atoms with Gasteiger partial charge in [0.15, 0.2) is 11.5 Å². The highest BCUT2D eigenvalue weighted by Gasteiger charge is 2.07. The van der Waals surface area contributed by atoms with E-state index in [1.807, 2.05) is 31.2 Å². The molecule has 0 amide bonds. The fourth-order valence-electron chi connectivity index (χ4n) is 2.64. The van der Waals surface area contributed by atoms with Crippen LogP contribution in [0.4, 0.5) is 0 Å². The maximum absolute atomic E-state index is 5.97. The number of hydrogen-bond acceptors (Lipinski definition) is 4. The highest BCUT2D eigenvalue weighted by Crippen LogP contribution is 2.29. The fraction of sp³-hybridized carbons (Fsp3) is 0.273. The molecule has 1 aromatic heterocycles. The van der Waals surface area contributed by atoms with E-state index in [1.54, 1.807) is 6.26 Å². The second kappa shape index (κ2) is 10.7. The lowest BCUT2D eigenvalue weighted by Crippen LogP contribution is -2.12. The van der Waals surface area contributed by atoms with Gasteiger partial charge in [0.25, 0.3) is 0 Å². The molecule has 0 saturated heterocycles. The van der Waals surface area contributed by atoms with Crippen molar-refractivity contribution in [3.8, 4) is 11.5 Å². The fourth-order valence-corrected chi connectivity index (χ4v) is 2.64. The standard InChI is InChI=1S/C22H25NO3.ClH/c1-3-24-22-13-19(14-23-15-20-5-4-12-25-20)10-11-21(22)26-16-18-8-6-17(2)7-9-18;/h4-13,23H,3,14-16H2,1-2H3;1H. The number of halogens is 1. The molecule has 4 nitrogen and oxygen atoms in total. The van der Waals surface area contributed by atoms with Crippen molar-refractivity contribution in [1.29, 1.82) is 0 Å². The highest BCUT2D eigenvalue weighted by molar-refractivity contribution is 5.85. The summed E-state index contributed by atoms with van der Waals surface area (Å²) < 4.78 is 17.1. The molecule has 0 bridgehead atoms. The molecule has 0 aliphatic heterocycles. The van der Waals surface area contributed by atoms with E-state index < -0.39 is 0 Å². The van der Waals surface area contributed by atoms with Gasteiger partial charge in [0.1, 0.15) is 12.4 Å². The van der Waals surface area contributed by atoms with Crippen LogP contribution in [-0.2, 0) is 19.7 Å². The van der Waals surface area contributed by atoms with Crippen molar-refractivity contribution in [1.82, 2.24) is 5.32 Å². The van der Waals surface area contributed by atoms with Crippen molar-refractivity contribution in [2.45, 2.75) is 33.5 Å². The molecule has 0 unspecified atom stereocenters. The number of ether oxygens (including phenoxy) is 2. The molecule has 0 saturated carbocycles. The first-order valence-electron chi connectivity index (χ1n) is 8.92. The van der Waals surface area contributed by atoms with Crippen LogP contribution < -0.4 is 14.8 Å². The van der Waals surface area contributed by atoms with Gasteiger partial charge < -0.3 is 19.2 Å². The van der Waals surface area contributed by atoms with E-state index in [1.165, 1.54) is 5.56 Å². The van der Waals surface area contributed by atoms with Crippen LogP contribution in [0.5, 0.6) is 11.5 Å². The van der Waals surface area contributed by atoms with Crippen LogP contribution in [0.1, 0.15) is 29.4 Å². The topological polar surface area (TPSA) is 43.6 Å². The summed E-state index contributed by atoms with van der Waals surface area (Å²) in [6.07, 6.45) is 1.68. The van der Waals surface area contributed by atoms with Crippen molar-refractivity contribution in [2.75, 3.05) is 6.61 Å². The normalized spacial score (nSPS) is 10.3. The molecular weight excluding hydrogens is 362 g/mol. The lowest BCUT2D eigenvalue weighted by Gasteiger charge is -2.14. The average Bonchev–Trinajstić information content (AvgIpc) is 3.16. The van der Waals surface area contributed by atoms with Gasteiger partial charge in [-0.25, -0.2) is 0 Å². The minimum absolute atomic E-state index is 0. The van der Waals surface area contributed by atoms with Crippen LogP contribution in [0.3, 0.4) is 0 Å². The Morgan fingerprint density at radius 3 is 2.37 bits per heavy atom. The Morgan fingerprint density at radius 2 is 1.67 bits per heavy atom. The molecular formula is C22H26ClNO3. The molecule has 2 aromatic carbocycles. The minimum atomic E-state index is 0. The summed E-state index contributed by atoms with van der Waals surface area (Å²) in [6.45, 7) is 6.62. The summed E-state index contributed by atoms with van der Waals surface area (Å²) in [4.78, 5) is 0. The third-order valence-electron chi connectivity index (χ3n) is 4.03. The highest BCUT2D eigenvalue weighted by atomic mass is 35.5. The number of nitrogens with one attached hydrogen (secondary N) is 1. The monoisotopic (exact) mass is 387 g/mol. The summed E-state index contributed by atoms with van der Waals surface area (Å²) in [5, 5.41) is 3.37. The summed E-state index contributed by atoms with van der Waals surface area (Å²) in [5.41, 5.74) is 3.53. The molecule has 1 N–H and O–H groups in total. The van der Waals surface area contributed by atoms with E-state index in [9.17, 15) is 0 Å². The summed E-state index contributed by atoms with van der Waals surface area (Å²) in [6, 6.07) is 18.3. The van der Waals surface area contributed by atoms with Crippen molar-refractivity contribution in [2.24, 2.45) is 0 Å². The van der Waals surface area contributed by atoms with Gasteiger partial charge in [0, 0.05) is 6.54 Å². The zero-order chi connectivity index (χ0) is 18.2. The van der Waals surface area contributed by atoms with Gasteiger partial charge in [-0.15, -0.1) is 12.4 Å². The van der Waals surface area contributed by atoms with Gasteiger partial charge in [-0.2, -0.15) is 0 Å². The van der Waals surface area contributed by atoms with Gasteiger partial charge in [0.2, 0.25) is 0 Å². The lowest BCUT2D eigenvalue weighted by atomic mass is 10.1. The Kier molecular flexibility index (Phi) is 8.24. The van der Waals surface area contributed by atoms with Crippen molar-refractivity contribution in [3.05, 3.63) is 83.3 Å². The van der Waals surface area contributed by atoms with Crippen molar-refractivity contribution in [3.63, 3.8) is 0 Å². The molecule has 0 aliphatic rings. The molecule has 3 rings (SSSR count). The first-order chi connectivity index (χ1) is 12.7. The molecule has 3 aromatic rings. The van der Waals surface area contributed by atoms with Gasteiger partial charge in [-0.1, -0.05) is 35.9 Å². The van der Waals surface area contributed by atoms with Crippen molar-refractivity contribution < 1.29 is 13.9 Å². The van der Waals surface area contributed by atoms with Gasteiger partial charge in [-0.05, 0) is 49.2 Å². The molecule has 0 fully saturated rings. The molecule has 5 heteroatoms. The van der Waals surface area contributed by atoms with Crippen LogP contribution in [0.25, 0.3) is 0 Å². The number of rotatable bonds is 9. The predicted octanol–water partition coefficient (Wildman–Crippen LogP) is 5.28.